The van der Waals surface area contributed by atoms with Crippen molar-refractivity contribution in [3.63, 3.8) is 0 Å². The fourth-order valence-electron chi connectivity index (χ4n) is 3.28. The van der Waals surface area contributed by atoms with Crippen molar-refractivity contribution in [3.05, 3.63) is 35.0 Å². The van der Waals surface area contributed by atoms with Crippen LogP contribution in [0.3, 0.4) is 0 Å². The number of amides is 1. The molecule has 1 saturated heterocycles. The molecule has 0 radical (unpaired) electrons. The van der Waals surface area contributed by atoms with Crippen molar-refractivity contribution in [3.8, 4) is 0 Å². The Kier molecular flexibility index (Phi) is 3.45. The van der Waals surface area contributed by atoms with Gasteiger partial charge in [-0.05, 0) is 52.2 Å². The highest BCUT2D eigenvalue weighted by atomic mass is 16.6. The van der Waals surface area contributed by atoms with E-state index in [1.165, 1.54) is 21.4 Å². The van der Waals surface area contributed by atoms with Gasteiger partial charge in [0.2, 0.25) is 0 Å². The van der Waals surface area contributed by atoms with Gasteiger partial charge < -0.3 is 14.8 Å². The van der Waals surface area contributed by atoms with Crippen molar-refractivity contribution in [2.45, 2.75) is 52.4 Å². The van der Waals surface area contributed by atoms with Gasteiger partial charge in [-0.15, -0.1) is 0 Å². The van der Waals surface area contributed by atoms with Crippen LogP contribution in [-0.4, -0.2) is 39.0 Å². The van der Waals surface area contributed by atoms with Crippen LogP contribution >= 0.6 is 0 Å². The molecule has 1 fully saturated rings. The van der Waals surface area contributed by atoms with Gasteiger partial charge in [0.25, 0.3) is 0 Å². The molecule has 1 amide bonds. The normalized spacial score (nSPS) is 23.6. The number of hydrogen-bond acceptors (Lipinski definition) is 3. The minimum absolute atomic E-state index is 0.414. The van der Waals surface area contributed by atoms with E-state index < -0.39 is 17.4 Å². The first-order valence-electron chi connectivity index (χ1n) is 7.95. The van der Waals surface area contributed by atoms with Crippen LogP contribution in [-0.2, 0) is 11.2 Å². The molecule has 5 heteroatoms. The number of fused-ring (bicyclic) bond motifs is 1. The Hall–Kier alpha value is -2.01. The van der Waals surface area contributed by atoms with Gasteiger partial charge in [0.05, 0.1) is 0 Å². The lowest BCUT2D eigenvalue weighted by molar-refractivity contribution is -0.126. The number of ether oxygens (including phenoxy) is 1. The molecule has 1 aliphatic heterocycles. The maximum atomic E-state index is 12.1. The van der Waals surface area contributed by atoms with E-state index in [2.05, 4.69) is 24.0 Å². The highest BCUT2D eigenvalue weighted by Gasteiger charge is 2.56. The highest BCUT2D eigenvalue weighted by Crippen LogP contribution is 2.37. The van der Waals surface area contributed by atoms with Gasteiger partial charge in [0, 0.05) is 23.1 Å². The number of benzene rings is 1. The lowest BCUT2D eigenvalue weighted by Gasteiger charge is -2.34. The van der Waals surface area contributed by atoms with E-state index in [0.717, 1.165) is 11.2 Å². The topological polar surface area (TPSA) is 65.6 Å². The molecule has 1 aromatic heterocycles. The molecule has 2 N–H and O–H groups in total. The maximum Gasteiger partial charge on any atom is 0.412 e. The average molecular weight is 316 g/mol. The number of hydrogen-bond donors (Lipinski definition) is 2. The maximum absolute atomic E-state index is 12.1. The summed E-state index contributed by atoms with van der Waals surface area (Å²) >= 11 is 0. The summed E-state index contributed by atoms with van der Waals surface area (Å²) in [4.78, 5) is 16.9. The monoisotopic (exact) mass is 316 g/mol. The Balaban J connectivity index is 1.89. The number of cyclic esters (lactones) is 1. The van der Waals surface area contributed by atoms with E-state index in [0.29, 0.717) is 13.0 Å². The molecule has 23 heavy (non-hydrogen) atoms. The second kappa shape index (κ2) is 4.99. The minimum atomic E-state index is -1.32. The van der Waals surface area contributed by atoms with Crippen molar-refractivity contribution in [2.75, 3.05) is 6.54 Å². The molecule has 124 valence electrons. The fraction of sp³-hybridized carbons (Fsp3) is 0.500. The van der Waals surface area contributed by atoms with Crippen LogP contribution < -0.4 is 0 Å². The summed E-state index contributed by atoms with van der Waals surface area (Å²) in [6.07, 6.45) is 0.199. The number of carbonyl (C=O) groups is 1. The number of H-pyrrole nitrogens is 1. The first kappa shape index (κ1) is 15.9. The third kappa shape index (κ3) is 2.30. The van der Waals surface area contributed by atoms with E-state index in [1.54, 1.807) is 20.8 Å². The number of aryl methyl sites for hydroxylation is 2. The number of nitrogens with zero attached hydrogens (tertiary/aromatic N) is 1. The number of aromatic amines is 1. The molecular weight excluding hydrogens is 292 g/mol. The SMILES string of the molecule is Cc1[nH]c2c(C)cccc2c1CCN1C(=O)OC(C)(C)[C@]1(C)O. The second-order valence-electron chi connectivity index (χ2n) is 7.03. The molecule has 0 saturated carbocycles. The van der Waals surface area contributed by atoms with Crippen molar-refractivity contribution >= 4 is 17.0 Å². The van der Waals surface area contributed by atoms with Crippen LogP contribution in [0.4, 0.5) is 4.79 Å². The van der Waals surface area contributed by atoms with E-state index in [4.69, 9.17) is 4.74 Å². The van der Waals surface area contributed by atoms with Gasteiger partial charge in [-0.3, -0.25) is 4.90 Å². The van der Waals surface area contributed by atoms with Gasteiger partial charge in [-0.2, -0.15) is 0 Å². The van der Waals surface area contributed by atoms with Gasteiger partial charge in [-0.25, -0.2) is 4.79 Å². The summed E-state index contributed by atoms with van der Waals surface area (Å²) < 4.78 is 5.31. The standard InChI is InChI=1S/C18H24N2O3/c1-11-7-6-8-14-13(12(2)19-15(11)14)9-10-20-16(21)23-17(3,4)18(20,5)22/h6-8,19,22H,9-10H2,1-5H3/t18-/m0/s1. The molecule has 0 spiro atoms. The Morgan fingerprint density at radius 2 is 1.96 bits per heavy atom. The van der Waals surface area contributed by atoms with Crippen LogP contribution in [0.5, 0.6) is 0 Å². The van der Waals surface area contributed by atoms with E-state index in [-0.39, 0.29) is 0 Å². The Morgan fingerprint density at radius 1 is 1.26 bits per heavy atom. The summed E-state index contributed by atoms with van der Waals surface area (Å²) in [7, 11) is 0. The van der Waals surface area contributed by atoms with Crippen LogP contribution in [0.1, 0.15) is 37.6 Å². The van der Waals surface area contributed by atoms with Crippen LogP contribution in [0, 0.1) is 13.8 Å². The van der Waals surface area contributed by atoms with Crippen molar-refractivity contribution in [2.24, 2.45) is 0 Å². The van der Waals surface area contributed by atoms with Crippen molar-refractivity contribution in [1.29, 1.82) is 0 Å². The molecule has 2 aromatic rings. The largest absolute Gasteiger partial charge is 0.438 e. The molecule has 1 atom stereocenters. The lowest BCUT2D eigenvalue weighted by Crippen LogP contribution is -2.54. The zero-order valence-corrected chi connectivity index (χ0v) is 14.4. The summed E-state index contributed by atoms with van der Waals surface area (Å²) in [5.41, 5.74) is 2.37. The predicted molar refractivity (Wildman–Crippen MR) is 89.4 cm³/mol. The quantitative estimate of drug-likeness (QED) is 0.913. The third-order valence-electron chi connectivity index (χ3n) is 5.18. The summed E-state index contributed by atoms with van der Waals surface area (Å²) in [6.45, 7) is 9.61. The van der Waals surface area contributed by atoms with Gasteiger partial charge in [0.1, 0.15) is 0 Å². The Labute approximate surface area is 136 Å². The Morgan fingerprint density at radius 3 is 2.57 bits per heavy atom. The Bertz CT molecular complexity index is 774. The zero-order valence-electron chi connectivity index (χ0n) is 14.4. The van der Waals surface area contributed by atoms with Gasteiger partial charge in [-0.1, -0.05) is 18.2 Å². The summed E-state index contributed by atoms with van der Waals surface area (Å²) in [5.74, 6) is 0. The molecular formula is C18H24N2O3. The minimum Gasteiger partial charge on any atom is -0.438 e. The van der Waals surface area contributed by atoms with Crippen LogP contribution in [0.25, 0.3) is 10.9 Å². The van der Waals surface area contributed by atoms with Crippen molar-refractivity contribution < 1.29 is 14.6 Å². The lowest BCUT2D eigenvalue weighted by atomic mass is 9.95. The molecule has 3 rings (SSSR count). The first-order valence-corrected chi connectivity index (χ1v) is 7.95. The average Bonchev–Trinajstić information content (AvgIpc) is 2.82. The zero-order chi connectivity index (χ0) is 17.0. The molecule has 0 unspecified atom stereocenters. The second-order valence-corrected chi connectivity index (χ2v) is 7.03. The number of rotatable bonds is 3. The number of aliphatic hydroxyl groups is 1. The molecule has 2 heterocycles. The van der Waals surface area contributed by atoms with Gasteiger partial charge >= 0.3 is 6.09 Å². The molecule has 1 aliphatic rings. The number of nitrogens with one attached hydrogen (secondary N) is 1. The number of aromatic nitrogens is 1. The third-order valence-corrected chi connectivity index (χ3v) is 5.18. The summed E-state index contributed by atoms with van der Waals surface area (Å²) in [5, 5.41) is 11.9. The number of para-hydroxylation sites is 1. The number of carbonyl (C=O) groups excluding carboxylic acids is 1. The van der Waals surface area contributed by atoms with Gasteiger partial charge in [0.15, 0.2) is 11.3 Å². The molecule has 5 nitrogen and oxygen atoms in total. The van der Waals surface area contributed by atoms with E-state index >= 15 is 0 Å². The van der Waals surface area contributed by atoms with E-state index in [9.17, 15) is 9.90 Å². The fourth-order valence-corrected chi connectivity index (χ4v) is 3.28. The molecule has 1 aromatic carbocycles. The predicted octanol–water partition coefficient (Wildman–Crippen LogP) is 3.27. The highest BCUT2D eigenvalue weighted by molar-refractivity contribution is 5.87. The molecule has 0 bridgehead atoms. The van der Waals surface area contributed by atoms with Crippen molar-refractivity contribution in [1.82, 2.24) is 9.88 Å². The van der Waals surface area contributed by atoms with Crippen LogP contribution in [0.15, 0.2) is 18.2 Å². The smallest absolute Gasteiger partial charge is 0.412 e. The molecule has 0 aliphatic carbocycles. The van der Waals surface area contributed by atoms with E-state index in [1.807, 2.05) is 13.0 Å². The first-order chi connectivity index (χ1) is 10.6. The summed E-state index contributed by atoms with van der Waals surface area (Å²) in [6, 6.07) is 6.20. The van der Waals surface area contributed by atoms with Crippen LogP contribution in [0.2, 0.25) is 0 Å².